The van der Waals surface area contributed by atoms with Gasteiger partial charge in [0.05, 0.1) is 10.0 Å². The van der Waals surface area contributed by atoms with Crippen LogP contribution in [0, 0.1) is 0 Å². The van der Waals surface area contributed by atoms with E-state index in [0.717, 1.165) is 16.7 Å². The van der Waals surface area contributed by atoms with Crippen LogP contribution in [-0.4, -0.2) is 10.1 Å². The summed E-state index contributed by atoms with van der Waals surface area (Å²) in [5.41, 5.74) is 2.55. The van der Waals surface area contributed by atoms with Crippen LogP contribution >= 0.6 is 34.8 Å². The lowest BCUT2D eigenvalue weighted by Gasteiger charge is -2.05. The molecule has 0 bridgehead atoms. The highest BCUT2D eigenvalue weighted by Crippen LogP contribution is 2.28. The Balaban J connectivity index is 2.11. The first-order valence-electron chi connectivity index (χ1n) is 6.33. The van der Waals surface area contributed by atoms with E-state index in [1.807, 2.05) is 24.3 Å². The maximum Gasteiger partial charge on any atom is 0.258 e. The van der Waals surface area contributed by atoms with Crippen LogP contribution in [0.25, 0.3) is 11.6 Å². The molecule has 1 heterocycles. The van der Waals surface area contributed by atoms with Crippen molar-refractivity contribution in [3.8, 4) is 0 Å². The molecule has 22 heavy (non-hydrogen) atoms. The molecule has 3 aromatic rings. The Morgan fingerprint density at radius 1 is 0.955 bits per heavy atom. The molecule has 0 aliphatic heterocycles. The van der Waals surface area contributed by atoms with Gasteiger partial charge in [0.2, 0.25) is 0 Å². The molecule has 2 aromatic carbocycles. The third-order valence-electron chi connectivity index (χ3n) is 3.00. The van der Waals surface area contributed by atoms with Crippen molar-refractivity contribution in [3.05, 3.63) is 80.9 Å². The summed E-state index contributed by atoms with van der Waals surface area (Å²) in [5, 5.41) is 5.30. The zero-order valence-electron chi connectivity index (χ0n) is 11.1. The molecule has 0 amide bonds. The second kappa shape index (κ2) is 6.53. The molecule has 0 radical (unpaired) electrons. The second-order valence-corrected chi connectivity index (χ2v) is 5.74. The lowest BCUT2D eigenvalue weighted by atomic mass is 10.0. The molecule has 0 atom stereocenters. The molecule has 0 saturated heterocycles. The molecule has 1 aromatic heterocycles. The van der Waals surface area contributed by atoms with Crippen LogP contribution in [-0.2, 0) is 0 Å². The van der Waals surface area contributed by atoms with Gasteiger partial charge in [-0.2, -0.15) is 4.98 Å². The summed E-state index contributed by atoms with van der Waals surface area (Å²) in [7, 11) is 0. The van der Waals surface area contributed by atoms with Crippen LogP contribution < -0.4 is 0 Å². The number of nitrogens with zero attached hydrogens (tertiary/aromatic N) is 2. The molecule has 0 saturated carbocycles. The number of hydrogen-bond acceptors (Lipinski definition) is 3. The van der Waals surface area contributed by atoms with Crippen molar-refractivity contribution in [1.82, 2.24) is 10.1 Å². The highest BCUT2D eigenvalue weighted by atomic mass is 35.5. The number of benzene rings is 2. The van der Waals surface area contributed by atoms with E-state index in [0.29, 0.717) is 21.0 Å². The van der Waals surface area contributed by atoms with E-state index in [1.165, 1.54) is 6.33 Å². The zero-order chi connectivity index (χ0) is 15.5. The highest BCUT2D eigenvalue weighted by Gasteiger charge is 2.11. The van der Waals surface area contributed by atoms with Gasteiger partial charge in [-0.3, -0.25) is 0 Å². The van der Waals surface area contributed by atoms with Crippen molar-refractivity contribution >= 4 is 46.5 Å². The lowest BCUT2D eigenvalue weighted by molar-refractivity contribution is 0.407. The maximum absolute atomic E-state index is 6.06. The van der Waals surface area contributed by atoms with Crippen molar-refractivity contribution < 1.29 is 4.52 Å². The average molecular weight is 352 g/mol. The minimum Gasteiger partial charge on any atom is -0.334 e. The maximum atomic E-state index is 6.06. The summed E-state index contributed by atoms with van der Waals surface area (Å²) in [6.45, 7) is 0. The Hall–Kier alpha value is -1.81. The average Bonchev–Trinajstić information content (AvgIpc) is 3.03. The summed E-state index contributed by atoms with van der Waals surface area (Å²) >= 11 is 17.9. The molecule has 110 valence electrons. The van der Waals surface area contributed by atoms with Gasteiger partial charge in [-0.1, -0.05) is 58.2 Å². The first-order valence-corrected chi connectivity index (χ1v) is 7.46. The summed E-state index contributed by atoms with van der Waals surface area (Å²) in [6.07, 6.45) is 3.26. The number of halogens is 3. The van der Waals surface area contributed by atoms with Crippen LogP contribution in [0.1, 0.15) is 17.0 Å². The van der Waals surface area contributed by atoms with Gasteiger partial charge in [-0.15, -0.1) is 0 Å². The fourth-order valence-electron chi connectivity index (χ4n) is 1.96. The monoisotopic (exact) mass is 350 g/mol. The quantitative estimate of drug-likeness (QED) is 0.575. The number of hydrogen-bond donors (Lipinski definition) is 0. The van der Waals surface area contributed by atoms with E-state index < -0.39 is 0 Å². The van der Waals surface area contributed by atoms with E-state index in [-0.39, 0.29) is 0 Å². The Morgan fingerprint density at radius 2 is 1.73 bits per heavy atom. The van der Waals surface area contributed by atoms with E-state index in [4.69, 9.17) is 39.3 Å². The minimum atomic E-state index is 0.411. The smallest absolute Gasteiger partial charge is 0.258 e. The van der Waals surface area contributed by atoms with E-state index in [2.05, 4.69) is 10.1 Å². The van der Waals surface area contributed by atoms with E-state index >= 15 is 0 Å². The van der Waals surface area contributed by atoms with Gasteiger partial charge in [-0.05, 0) is 41.5 Å². The van der Waals surface area contributed by atoms with Gasteiger partial charge in [0.1, 0.15) is 0 Å². The summed E-state index contributed by atoms with van der Waals surface area (Å²) < 4.78 is 5.19. The molecular formula is C16H9Cl3N2O. The van der Waals surface area contributed by atoms with E-state index in [9.17, 15) is 0 Å². The molecule has 0 fully saturated rings. The Bertz CT molecular complexity index is 812. The molecule has 0 spiro atoms. The fourth-order valence-corrected chi connectivity index (χ4v) is 2.39. The molecule has 0 N–H and O–H groups in total. The van der Waals surface area contributed by atoms with Gasteiger partial charge in [-0.25, -0.2) is 0 Å². The third-order valence-corrected chi connectivity index (χ3v) is 3.99. The molecule has 6 heteroatoms. The lowest BCUT2D eigenvalue weighted by Crippen LogP contribution is -1.89. The predicted molar refractivity (Wildman–Crippen MR) is 89.2 cm³/mol. The molecular weight excluding hydrogens is 343 g/mol. The van der Waals surface area contributed by atoms with Crippen LogP contribution in [0.15, 0.2) is 53.3 Å². The summed E-state index contributed by atoms with van der Waals surface area (Å²) in [6, 6.07) is 12.7. The first-order chi connectivity index (χ1) is 10.6. The van der Waals surface area contributed by atoms with Crippen molar-refractivity contribution in [2.45, 2.75) is 0 Å². The minimum absolute atomic E-state index is 0.411. The Morgan fingerprint density at radius 3 is 2.36 bits per heavy atom. The van der Waals surface area contributed by atoms with Crippen molar-refractivity contribution in [2.24, 2.45) is 0 Å². The zero-order valence-corrected chi connectivity index (χ0v) is 13.4. The van der Waals surface area contributed by atoms with Crippen molar-refractivity contribution in [2.75, 3.05) is 0 Å². The Labute approximate surface area is 142 Å². The SMILES string of the molecule is Clc1ccc(/C(=C\c2ccc(Cl)c(Cl)c2)c2ncno2)cc1. The standard InChI is InChI=1S/C16H9Cl3N2O/c17-12-4-2-11(3-5-12)13(16-20-9-21-22-16)7-10-1-6-14(18)15(19)8-10/h1-9H/b13-7+. The van der Waals surface area contributed by atoms with Crippen LogP contribution in [0.2, 0.25) is 15.1 Å². The first kappa shape index (κ1) is 15.1. The predicted octanol–water partition coefficient (Wildman–Crippen LogP) is 5.62. The van der Waals surface area contributed by atoms with Crippen LogP contribution in [0.5, 0.6) is 0 Å². The molecule has 0 aliphatic carbocycles. The number of rotatable bonds is 3. The highest BCUT2D eigenvalue weighted by molar-refractivity contribution is 6.42. The molecule has 3 nitrogen and oxygen atoms in total. The fraction of sp³-hybridized carbons (Fsp3) is 0. The Kier molecular flexibility index (Phi) is 4.48. The third kappa shape index (κ3) is 3.33. The molecule has 0 unspecified atom stereocenters. The van der Waals surface area contributed by atoms with Gasteiger partial charge in [0.15, 0.2) is 6.33 Å². The largest absolute Gasteiger partial charge is 0.334 e. The van der Waals surface area contributed by atoms with Crippen LogP contribution in [0.3, 0.4) is 0 Å². The normalized spacial score (nSPS) is 11.7. The molecule has 0 aliphatic rings. The van der Waals surface area contributed by atoms with Gasteiger partial charge < -0.3 is 4.52 Å². The van der Waals surface area contributed by atoms with Gasteiger partial charge in [0.25, 0.3) is 5.89 Å². The van der Waals surface area contributed by atoms with Crippen LogP contribution in [0.4, 0.5) is 0 Å². The topological polar surface area (TPSA) is 38.9 Å². The van der Waals surface area contributed by atoms with Crippen molar-refractivity contribution in [3.63, 3.8) is 0 Å². The number of aromatic nitrogens is 2. The van der Waals surface area contributed by atoms with E-state index in [1.54, 1.807) is 24.3 Å². The summed E-state index contributed by atoms with van der Waals surface area (Å²) in [5.74, 6) is 0.411. The second-order valence-electron chi connectivity index (χ2n) is 4.48. The molecule has 3 rings (SSSR count). The van der Waals surface area contributed by atoms with Gasteiger partial charge in [0, 0.05) is 10.6 Å². The van der Waals surface area contributed by atoms with Crippen molar-refractivity contribution in [1.29, 1.82) is 0 Å². The van der Waals surface area contributed by atoms with Gasteiger partial charge >= 0.3 is 0 Å². The summed E-state index contributed by atoms with van der Waals surface area (Å²) in [4.78, 5) is 4.11.